The zero-order chi connectivity index (χ0) is 8.48. The Bertz CT molecular complexity index is 358. The third kappa shape index (κ3) is 2.42. The molecule has 1 aromatic carbocycles. The summed E-state index contributed by atoms with van der Waals surface area (Å²) in [5, 5.41) is 0. The molecule has 0 heterocycles. The van der Waals surface area contributed by atoms with E-state index in [-0.39, 0.29) is 4.90 Å². The number of hydrogen-bond donors (Lipinski definition) is 0. The van der Waals surface area contributed by atoms with Crippen molar-refractivity contribution in [2.45, 2.75) is 4.90 Å². The van der Waals surface area contributed by atoms with Gasteiger partial charge in [-0.2, -0.15) is 8.42 Å². The number of benzene rings is 1. The minimum Gasteiger partial charge on any atom is -0.192 e. The van der Waals surface area contributed by atoms with Crippen LogP contribution in [0.2, 0.25) is 0 Å². The van der Waals surface area contributed by atoms with Crippen molar-refractivity contribution in [3.8, 4) is 0 Å². The van der Waals surface area contributed by atoms with Gasteiger partial charge in [-0.3, -0.25) is 0 Å². The van der Waals surface area contributed by atoms with E-state index >= 15 is 0 Å². The van der Waals surface area contributed by atoms with Crippen molar-refractivity contribution in [1.29, 1.82) is 0 Å². The van der Waals surface area contributed by atoms with Crippen molar-refractivity contribution in [3.05, 3.63) is 27.8 Å². The predicted molar refractivity (Wildman–Crippen MR) is 47.0 cm³/mol. The van der Waals surface area contributed by atoms with E-state index in [0.29, 0.717) is 0 Å². The fraction of sp³-hybridized carbons (Fsp3) is 0. The second-order valence-electron chi connectivity index (χ2n) is 1.91. The van der Waals surface area contributed by atoms with Crippen LogP contribution < -0.4 is 0 Å². The van der Waals surface area contributed by atoms with Crippen LogP contribution in [-0.2, 0) is 14.7 Å². The van der Waals surface area contributed by atoms with Crippen molar-refractivity contribution in [3.63, 3.8) is 0 Å². The lowest BCUT2D eigenvalue weighted by atomic mass is 10.4. The Balaban J connectivity index is 3.28. The van der Waals surface area contributed by atoms with Crippen LogP contribution in [0, 0.1) is 3.57 Å². The van der Waals surface area contributed by atoms with Gasteiger partial charge in [0.15, 0.2) is 0 Å². The standard InChI is InChI=1S/C6H4IO3S/c7-5-2-1-3-6(4-5)11(8,9)10/h1-4H. The van der Waals surface area contributed by atoms with Crippen molar-refractivity contribution in [1.82, 2.24) is 0 Å². The maximum absolute atomic E-state index is 10.4. The molecule has 0 saturated carbocycles. The normalized spacial score (nSPS) is 11.5. The van der Waals surface area contributed by atoms with Gasteiger partial charge in [-0.05, 0) is 40.8 Å². The van der Waals surface area contributed by atoms with Gasteiger partial charge in [0.05, 0.1) is 4.90 Å². The number of halogens is 1. The third-order valence-electron chi connectivity index (χ3n) is 1.08. The van der Waals surface area contributed by atoms with Gasteiger partial charge < -0.3 is 0 Å². The summed E-state index contributed by atoms with van der Waals surface area (Å²) >= 11 is 1.94. The zero-order valence-electron chi connectivity index (χ0n) is 5.32. The van der Waals surface area contributed by atoms with Gasteiger partial charge in [0.1, 0.15) is 0 Å². The topological polar surface area (TPSA) is 54.0 Å². The third-order valence-corrected chi connectivity index (χ3v) is 2.59. The molecule has 11 heavy (non-hydrogen) atoms. The molecular formula is C6H4IO3S. The first-order valence-corrected chi connectivity index (χ1v) is 5.20. The highest BCUT2D eigenvalue weighted by Crippen LogP contribution is 2.12. The minimum atomic E-state index is -4.28. The van der Waals surface area contributed by atoms with Crippen LogP contribution >= 0.6 is 22.6 Å². The molecule has 0 aromatic heterocycles. The first-order chi connectivity index (χ1) is 5.00. The molecule has 1 aromatic rings. The second kappa shape index (κ2) is 3.08. The Hall–Kier alpha value is -0.140. The van der Waals surface area contributed by atoms with E-state index < -0.39 is 10.1 Å². The van der Waals surface area contributed by atoms with Crippen LogP contribution in [0.5, 0.6) is 0 Å². The zero-order valence-corrected chi connectivity index (χ0v) is 8.29. The predicted octanol–water partition coefficient (Wildman–Crippen LogP) is 1.41. The molecule has 0 atom stereocenters. The van der Waals surface area contributed by atoms with Crippen molar-refractivity contribution in [2.75, 3.05) is 0 Å². The van der Waals surface area contributed by atoms with Gasteiger partial charge in [-0.1, -0.05) is 10.6 Å². The summed E-state index contributed by atoms with van der Waals surface area (Å²) in [6.07, 6.45) is 0. The molecule has 0 bridgehead atoms. The van der Waals surface area contributed by atoms with E-state index in [2.05, 4.69) is 0 Å². The molecule has 0 spiro atoms. The van der Waals surface area contributed by atoms with E-state index in [9.17, 15) is 13.0 Å². The quantitative estimate of drug-likeness (QED) is 0.732. The summed E-state index contributed by atoms with van der Waals surface area (Å²) in [5.41, 5.74) is 0. The Labute approximate surface area is 78.3 Å². The summed E-state index contributed by atoms with van der Waals surface area (Å²) in [4.78, 5) is -0.176. The van der Waals surface area contributed by atoms with E-state index in [1.807, 2.05) is 22.6 Å². The van der Waals surface area contributed by atoms with Crippen LogP contribution in [0.4, 0.5) is 0 Å². The molecule has 0 aliphatic carbocycles. The highest BCUT2D eigenvalue weighted by atomic mass is 127. The van der Waals surface area contributed by atoms with Crippen molar-refractivity contribution < 1.29 is 13.0 Å². The van der Waals surface area contributed by atoms with Gasteiger partial charge in [0.25, 0.3) is 0 Å². The summed E-state index contributed by atoms with van der Waals surface area (Å²) in [6, 6.07) is 5.87. The maximum atomic E-state index is 10.4. The van der Waals surface area contributed by atoms with Gasteiger partial charge in [-0.25, -0.2) is 0 Å². The van der Waals surface area contributed by atoms with Crippen LogP contribution in [0.1, 0.15) is 0 Å². The average Bonchev–Trinajstić information content (AvgIpc) is 1.86. The summed E-state index contributed by atoms with van der Waals surface area (Å²) in [7, 11) is -4.28. The molecule has 0 amide bonds. The van der Waals surface area contributed by atoms with Gasteiger partial charge >= 0.3 is 10.1 Å². The lowest BCUT2D eigenvalue weighted by molar-refractivity contribution is 0.414. The van der Waals surface area contributed by atoms with Crippen molar-refractivity contribution >= 4 is 32.7 Å². The monoisotopic (exact) mass is 283 g/mol. The van der Waals surface area contributed by atoms with Gasteiger partial charge in [0, 0.05) is 3.57 Å². The van der Waals surface area contributed by atoms with Crippen LogP contribution in [0.15, 0.2) is 29.2 Å². The van der Waals surface area contributed by atoms with E-state index in [4.69, 9.17) is 0 Å². The highest BCUT2D eigenvalue weighted by molar-refractivity contribution is 14.1. The van der Waals surface area contributed by atoms with Crippen LogP contribution in [-0.4, -0.2) is 8.42 Å². The lowest BCUT2D eigenvalue weighted by Gasteiger charge is -1.93. The van der Waals surface area contributed by atoms with Crippen LogP contribution in [0.3, 0.4) is 0 Å². The molecule has 1 radical (unpaired) electrons. The molecule has 5 heteroatoms. The first-order valence-electron chi connectivity index (χ1n) is 2.71. The average molecular weight is 283 g/mol. The Morgan fingerprint density at radius 1 is 1.27 bits per heavy atom. The summed E-state index contributed by atoms with van der Waals surface area (Å²) in [5.74, 6) is 0. The Morgan fingerprint density at radius 2 is 1.91 bits per heavy atom. The molecule has 0 fully saturated rings. The summed E-state index contributed by atoms with van der Waals surface area (Å²) in [6.45, 7) is 0. The molecule has 3 nitrogen and oxygen atoms in total. The minimum absolute atomic E-state index is 0.176. The fourth-order valence-electron chi connectivity index (χ4n) is 0.623. The number of rotatable bonds is 1. The molecule has 0 saturated heterocycles. The van der Waals surface area contributed by atoms with Crippen LogP contribution in [0.25, 0.3) is 0 Å². The van der Waals surface area contributed by atoms with Gasteiger partial charge in [-0.15, -0.1) is 0 Å². The van der Waals surface area contributed by atoms with Crippen molar-refractivity contribution in [2.24, 2.45) is 0 Å². The molecule has 59 valence electrons. The highest BCUT2D eigenvalue weighted by Gasteiger charge is 2.10. The Morgan fingerprint density at radius 3 is 2.27 bits per heavy atom. The van der Waals surface area contributed by atoms with E-state index in [1.54, 1.807) is 6.07 Å². The van der Waals surface area contributed by atoms with Gasteiger partial charge in [0.2, 0.25) is 0 Å². The molecule has 0 aliphatic rings. The summed E-state index contributed by atoms with van der Waals surface area (Å²) < 4.78 is 32.0. The first kappa shape index (κ1) is 8.95. The Kier molecular flexibility index (Phi) is 2.50. The molecule has 0 unspecified atom stereocenters. The smallest absolute Gasteiger partial charge is 0.192 e. The number of hydrogen-bond acceptors (Lipinski definition) is 2. The molecule has 1 rings (SSSR count). The van der Waals surface area contributed by atoms with E-state index in [1.165, 1.54) is 18.2 Å². The maximum Gasteiger partial charge on any atom is 0.324 e. The fourth-order valence-corrected chi connectivity index (χ4v) is 1.89. The molecule has 0 aliphatic heterocycles. The SMILES string of the molecule is [O]S(=O)(=O)c1cccc(I)c1. The van der Waals surface area contributed by atoms with E-state index in [0.717, 1.165) is 3.57 Å². The lowest BCUT2D eigenvalue weighted by Crippen LogP contribution is -1.95. The molecule has 0 N–H and O–H groups in total. The second-order valence-corrected chi connectivity index (χ2v) is 4.54. The largest absolute Gasteiger partial charge is 0.324 e. The molecular weight excluding hydrogens is 279 g/mol.